The molecule has 0 bridgehead atoms. The molecule has 0 N–H and O–H groups in total. The smallest absolute Gasteiger partial charge is 0.435 e. The van der Waals surface area contributed by atoms with Gasteiger partial charge < -0.3 is 14.2 Å². The molecule has 1 aliphatic carbocycles. The standard InChI is InChI=1S/C31H30F3N5O2/c1-18-35-9-11-38(18)16-19-13-23(26-17-37(2)36-29(26)31(32,33)34)22-7-10-39(30(40)24(22)14-19)27-8-12-41-28-6-5-21(15-25(27)28)20-3-4-20/h5-6,9,11,13-15,17,20,27H,3-4,7-8,10,12,16H2,1-2H3. The fourth-order valence-electron chi connectivity index (χ4n) is 6.36. The highest BCUT2D eigenvalue weighted by molar-refractivity contribution is 5.99. The number of nitrogens with zero attached hydrogens (tertiary/aromatic N) is 5. The van der Waals surface area contributed by atoms with Crippen LogP contribution in [0.15, 0.2) is 48.9 Å². The van der Waals surface area contributed by atoms with E-state index in [1.165, 1.54) is 36.3 Å². The topological polar surface area (TPSA) is 65.2 Å². The third kappa shape index (κ3) is 4.59. The molecule has 7 rings (SSSR count). The summed E-state index contributed by atoms with van der Waals surface area (Å²) in [5.74, 6) is 1.99. The normalized spacial score (nSPS) is 18.7. The van der Waals surface area contributed by atoms with Crippen LogP contribution in [-0.2, 0) is 26.2 Å². The van der Waals surface area contributed by atoms with Crippen molar-refractivity contribution >= 4 is 5.91 Å². The summed E-state index contributed by atoms with van der Waals surface area (Å²) >= 11 is 0. The summed E-state index contributed by atoms with van der Waals surface area (Å²) in [4.78, 5) is 20.4. The predicted octanol–water partition coefficient (Wildman–Crippen LogP) is 6.06. The largest absolute Gasteiger partial charge is 0.493 e. The predicted molar refractivity (Wildman–Crippen MR) is 146 cm³/mol. The summed E-state index contributed by atoms with van der Waals surface area (Å²) in [6.07, 6.45) is 3.75. The number of hydrogen-bond donors (Lipinski definition) is 0. The highest BCUT2D eigenvalue weighted by Gasteiger charge is 2.40. The van der Waals surface area contributed by atoms with Crippen molar-refractivity contribution in [2.75, 3.05) is 13.2 Å². The lowest BCUT2D eigenvalue weighted by molar-refractivity contribution is -0.140. The average Bonchev–Trinajstić information content (AvgIpc) is 3.60. The van der Waals surface area contributed by atoms with E-state index in [9.17, 15) is 18.0 Å². The molecule has 4 heterocycles. The van der Waals surface area contributed by atoms with Crippen LogP contribution in [0.5, 0.6) is 5.75 Å². The second-order valence-corrected chi connectivity index (χ2v) is 11.3. The zero-order valence-electron chi connectivity index (χ0n) is 22.9. The van der Waals surface area contributed by atoms with Gasteiger partial charge in [0.05, 0.1) is 12.6 Å². The van der Waals surface area contributed by atoms with Gasteiger partial charge in [-0.2, -0.15) is 18.3 Å². The molecule has 2 aromatic carbocycles. The zero-order chi connectivity index (χ0) is 28.5. The number of imidazole rings is 1. The van der Waals surface area contributed by atoms with Crippen molar-refractivity contribution in [1.82, 2.24) is 24.2 Å². The maximum absolute atomic E-state index is 14.3. The Morgan fingerprint density at radius 3 is 2.61 bits per heavy atom. The minimum atomic E-state index is -4.63. The quantitative estimate of drug-likeness (QED) is 0.297. The summed E-state index contributed by atoms with van der Waals surface area (Å²) in [7, 11) is 1.48. The van der Waals surface area contributed by atoms with Gasteiger partial charge in [0.25, 0.3) is 5.91 Å². The van der Waals surface area contributed by atoms with E-state index >= 15 is 0 Å². The molecule has 4 aromatic rings. The molecular formula is C31H30F3N5O2. The molecule has 0 spiro atoms. The van der Waals surface area contributed by atoms with Crippen molar-refractivity contribution in [3.05, 3.63) is 88.3 Å². The van der Waals surface area contributed by atoms with Crippen LogP contribution in [0.3, 0.4) is 0 Å². The molecule has 1 amide bonds. The lowest BCUT2D eigenvalue weighted by Gasteiger charge is -2.39. The van der Waals surface area contributed by atoms with Gasteiger partial charge in [-0.25, -0.2) is 4.98 Å². The van der Waals surface area contributed by atoms with Gasteiger partial charge >= 0.3 is 6.18 Å². The summed E-state index contributed by atoms with van der Waals surface area (Å²) in [5.41, 5.74) is 3.57. The van der Waals surface area contributed by atoms with Crippen molar-refractivity contribution in [1.29, 1.82) is 0 Å². The van der Waals surface area contributed by atoms with Crippen molar-refractivity contribution in [3.63, 3.8) is 0 Å². The Bertz CT molecular complexity index is 1670. The number of carbonyl (C=O) groups is 1. The second-order valence-electron chi connectivity index (χ2n) is 11.3. The third-order valence-electron chi connectivity index (χ3n) is 8.53. The highest BCUT2D eigenvalue weighted by atomic mass is 19.4. The fourth-order valence-corrected chi connectivity index (χ4v) is 6.36. The maximum Gasteiger partial charge on any atom is 0.435 e. The van der Waals surface area contributed by atoms with Gasteiger partial charge in [-0.1, -0.05) is 6.07 Å². The van der Waals surface area contributed by atoms with Gasteiger partial charge in [-0.05, 0) is 78.6 Å². The molecule has 10 heteroatoms. The molecular weight excluding hydrogens is 531 g/mol. The number of fused-ring (bicyclic) bond motifs is 2. The molecule has 41 heavy (non-hydrogen) atoms. The Kier molecular flexibility index (Phi) is 5.99. The van der Waals surface area contributed by atoms with Gasteiger partial charge in [-0.15, -0.1) is 0 Å². The molecule has 2 aromatic heterocycles. The summed E-state index contributed by atoms with van der Waals surface area (Å²) in [6.45, 7) is 3.17. The van der Waals surface area contributed by atoms with Gasteiger partial charge in [0.2, 0.25) is 0 Å². The molecule has 1 saturated carbocycles. The van der Waals surface area contributed by atoms with Crippen molar-refractivity contribution in [2.45, 2.75) is 57.3 Å². The van der Waals surface area contributed by atoms with Crippen LogP contribution in [0, 0.1) is 6.92 Å². The number of aryl methyl sites for hydroxylation is 2. The molecule has 212 valence electrons. The van der Waals surface area contributed by atoms with Crippen LogP contribution in [0.25, 0.3) is 11.1 Å². The maximum atomic E-state index is 14.3. The van der Waals surface area contributed by atoms with Crippen LogP contribution in [0.4, 0.5) is 13.2 Å². The monoisotopic (exact) mass is 561 g/mol. The van der Waals surface area contributed by atoms with E-state index in [-0.39, 0.29) is 17.5 Å². The van der Waals surface area contributed by atoms with Crippen LogP contribution in [-0.4, -0.2) is 43.3 Å². The molecule has 7 nitrogen and oxygen atoms in total. The second kappa shape index (κ2) is 9.49. The number of rotatable bonds is 5. The Morgan fingerprint density at radius 1 is 1.07 bits per heavy atom. The number of ether oxygens (including phenoxy) is 1. The molecule has 1 atom stereocenters. The molecule has 0 radical (unpaired) electrons. The number of amides is 1. The van der Waals surface area contributed by atoms with Crippen LogP contribution in [0.1, 0.15) is 75.4 Å². The van der Waals surface area contributed by atoms with Gasteiger partial charge in [0, 0.05) is 61.8 Å². The SMILES string of the molecule is Cc1nccn1Cc1cc2c(c(-c3cn(C)nc3C(F)(F)F)c1)CCN(C1CCOc3ccc(C4CC4)cc31)C2=O. The molecule has 2 aliphatic heterocycles. The lowest BCUT2D eigenvalue weighted by atomic mass is 9.86. The number of halogens is 3. The van der Waals surface area contributed by atoms with E-state index in [1.54, 1.807) is 12.3 Å². The van der Waals surface area contributed by atoms with Gasteiger partial charge in [-0.3, -0.25) is 9.48 Å². The van der Waals surface area contributed by atoms with Crippen molar-refractivity contribution in [2.24, 2.45) is 7.05 Å². The summed E-state index contributed by atoms with van der Waals surface area (Å²) in [6, 6.07) is 9.80. The number of hydrogen-bond acceptors (Lipinski definition) is 4. The molecule has 1 unspecified atom stereocenters. The van der Waals surface area contributed by atoms with Crippen molar-refractivity contribution < 1.29 is 22.7 Å². The molecule has 3 aliphatic rings. The zero-order valence-corrected chi connectivity index (χ0v) is 22.9. The number of alkyl halides is 3. The first kappa shape index (κ1) is 25.9. The van der Waals surface area contributed by atoms with Gasteiger partial charge in [0.1, 0.15) is 11.6 Å². The van der Waals surface area contributed by atoms with Crippen molar-refractivity contribution in [3.8, 4) is 16.9 Å². The van der Waals surface area contributed by atoms with Crippen LogP contribution < -0.4 is 4.74 Å². The van der Waals surface area contributed by atoms with Gasteiger partial charge in [0.15, 0.2) is 5.69 Å². The minimum Gasteiger partial charge on any atom is -0.493 e. The molecule has 0 saturated heterocycles. The summed E-state index contributed by atoms with van der Waals surface area (Å²) < 4.78 is 51.3. The number of aromatic nitrogens is 4. The Labute approximate surface area is 235 Å². The van der Waals surface area contributed by atoms with E-state index in [4.69, 9.17) is 4.74 Å². The van der Waals surface area contributed by atoms with Crippen LogP contribution >= 0.6 is 0 Å². The number of carbonyl (C=O) groups excluding carboxylic acids is 1. The molecule has 1 fully saturated rings. The summed E-state index contributed by atoms with van der Waals surface area (Å²) in [5, 5.41) is 3.75. The lowest BCUT2D eigenvalue weighted by Crippen LogP contribution is -2.42. The third-order valence-corrected chi connectivity index (χ3v) is 8.53. The van der Waals surface area contributed by atoms with E-state index in [0.29, 0.717) is 55.1 Å². The Morgan fingerprint density at radius 2 is 1.88 bits per heavy atom. The average molecular weight is 562 g/mol. The number of benzene rings is 2. The Hall–Kier alpha value is -4.08. The van der Waals surface area contributed by atoms with E-state index in [1.807, 2.05) is 34.7 Å². The first-order valence-electron chi connectivity index (χ1n) is 14.0. The highest BCUT2D eigenvalue weighted by Crippen LogP contribution is 2.46. The first-order chi connectivity index (χ1) is 19.7. The van der Waals surface area contributed by atoms with E-state index in [2.05, 4.69) is 22.2 Å². The minimum absolute atomic E-state index is 0.00723. The van der Waals surface area contributed by atoms with E-state index in [0.717, 1.165) is 22.7 Å². The van der Waals surface area contributed by atoms with E-state index < -0.39 is 11.9 Å². The van der Waals surface area contributed by atoms with Crippen LogP contribution in [0.2, 0.25) is 0 Å². The Balaban J connectivity index is 1.33. The first-order valence-corrected chi connectivity index (χ1v) is 14.0. The fraction of sp³-hybridized carbons (Fsp3) is 0.387.